The molecular formula is C42H64O7. The average Bonchev–Trinajstić information content (AvgIpc) is 3.40. The summed E-state index contributed by atoms with van der Waals surface area (Å²) < 4.78 is 12.8. The second kappa shape index (κ2) is 19.4. The minimum Gasteiger partial charge on any atom is -0.393 e. The number of hydrogen-bond donors (Lipinski definition) is 2. The highest BCUT2D eigenvalue weighted by molar-refractivity contribution is 6.06. The van der Waals surface area contributed by atoms with Gasteiger partial charge in [-0.05, 0) is 80.6 Å². The molecule has 4 unspecified atom stereocenters. The number of aliphatic hydroxyl groups is 2. The van der Waals surface area contributed by atoms with Crippen molar-refractivity contribution in [3.63, 3.8) is 0 Å². The Hall–Kier alpha value is -2.19. The maximum atomic E-state index is 13.4. The largest absolute Gasteiger partial charge is 0.393 e. The number of rotatable bonds is 22. The van der Waals surface area contributed by atoms with Gasteiger partial charge in [-0.15, -0.1) is 0 Å². The lowest BCUT2D eigenvalue weighted by Crippen LogP contribution is -2.48. The molecule has 2 saturated heterocycles. The van der Waals surface area contributed by atoms with E-state index in [0.29, 0.717) is 50.5 Å². The van der Waals surface area contributed by atoms with E-state index < -0.39 is 29.2 Å². The van der Waals surface area contributed by atoms with Crippen LogP contribution < -0.4 is 0 Å². The molecule has 2 aliphatic heterocycles. The first-order chi connectivity index (χ1) is 23.6. The fourth-order valence-electron chi connectivity index (χ4n) is 8.23. The molecule has 0 bridgehead atoms. The van der Waals surface area contributed by atoms with Crippen molar-refractivity contribution in [3.8, 4) is 0 Å². The molecule has 7 nitrogen and oxygen atoms in total. The Morgan fingerprint density at radius 2 is 1.41 bits per heavy atom. The van der Waals surface area contributed by atoms with Crippen molar-refractivity contribution in [2.75, 3.05) is 0 Å². The molecule has 2 aliphatic carbocycles. The number of aliphatic hydroxyl groups excluding tert-OH is 1. The Morgan fingerprint density at radius 3 is 2.06 bits per heavy atom. The molecule has 0 aromatic heterocycles. The maximum Gasteiger partial charge on any atom is 0.181 e. The van der Waals surface area contributed by atoms with Gasteiger partial charge in [0.1, 0.15) is 17.0 Å². The maximum absolute atomic E-state index is 13.4. The highest BCUT2D eigenvalue weighted by Crippen LogP contribution is 2.47. The summed E-state index contributed by atoms with van der Waals surface area (Å²) in [5.74, 6) is -1.20. The lowest BCUT2D eigenvalue weighted by Gasteiger charge is -2.41. The topological polar surface area (TPSA) is 110 Å². The van der Waals surface area contributed by atoms with Crippen LogP contribution >= 0.6 is 0 Å². The van der Waals surface area contributed by atoms with E-state index in [2.05, 4.69) is 13.8 Å². The monoisotopic (exact) mass is 680 g/mol. The number of ketones is 3. The van der Waals surface area contributed by atoms with Gasteiger partial charge >= 0.3 is 0 Å². The van der Waals surface area contributed by atoms with E-state index in [1.807, 2.05) is 0 Å². The van der Waals surface area contributed by atoms with Gasteiger partial charge in [-0.25, -0.2) is 0 Å². The fourth-order valence-corrected chi connectivity index (χ4v) is 8.23. The van der Waals surface area contributed by atoms with Crippen molar-refractivity contribution in [1.29, 1.82) is 0 Å². The predicted octanol–water partition coefficient (Wildman–Crippen LogP) is 9.04. The van der Waals surface area contributed by atoms with Crippen molar-refractivity contribution >= 4 is 17.3 Å². The predicted molar refractivity (Wildman–Crippen MR) is 194 cm³/mol. The standard InChI is InChI=1S/C42H64O7/c1-3-5-7-9-10-11-12-13-15-17-24-41(47)27-23-39(46)37(38(41)18-16-14-8-6-4-2)20-19-34(44)30-36-31-35(45)32-42(48-36)29-28-40(49-42)25-21-33(43)22-26-40/h21-23,25-27,35-36,45,47H,3-20,24,28-32H2,1-2H3. The third-order valence-electron chi connectivity index (χ3n) is 11.0. The molecule has 0 amide bonds. The zero-order valence-electron chi connectivity index (χ0n) is 30.5. The van der Waals surface area contributed by atoms with E-state index in [-0.39, 0.29) is 30.2 Å². The third-order valence-corrected chi connectivity index (χ3v) is 11.0. The summed E-state index contributed by atoms with van der Waals surface area (Å²) in [6, 6.07) is 0. The molecule has 274 valence electrons. The minimum absolute atomic E-state index is 0.0274. The van der Waals surface area contributed by atoms with Crippen LogP contribution in [0.4, 0.5) is 0 Å². The molecular weight excluding hydrogens is 616 g/mol. The Labute approximate surface area is 295 Å². The highest BCUT2D eigenvalue weighted by atomic mass is 16.7. The summed E-state index contributed by atoms with van der Waals surface area (Å²) in [7, 11) is 0. The molecule has 0 saturated carbocycles. The van der Waals surface area contributed by atoms with E-state index >= 15 is 0 Å². The summed E-state index contributed by atoms with van der Waals surface area (Å²) >= 11 is 0. The summed E-state index contributed by atoms with van der Waals surface area (Å²) in [4.78, 5) is 38.4. The number of hydrogen-bond acceptors (Lipinski definition) is 7. The molecule has 0 aromatic rings. The summed E-state index contributed by atoms with van der Waals surface area (Å²) in [6.07, 6.45) is 30.1. The van der Waals surface area contributed by atoms with Crippen molar-refractivity contribution in [2.24, 2.45) is 0 Å². The fraction of sp³-hybridized carbons (Fsp3) is 0.738. The Bertz CT molecular complexity index is 1210. The van der Waals surface area contributed by atoms with Crippen LogP contribution in [0.2, 0.25) is 0 Å². The number of ether oxygens (including phenoxy) is 2. The first-order valence-electron chi connectivity index (χ1n) is 19.8. The zero-order valence-corrected chi connectivity index (χ0v) is 30.5. The van der Waals surface area contributed by atoms with Gasteiger partial charge in [0, 0.05) is 37.7 Å². The van der Waals surface area contributed by atoms with E-state index in [9.17, 15) is 24.6 Å². The van der Waals surface area contributed by atoms with Crippen LogP contribution in [0, 0.1) is 0 Å². The summed E-state index contributed by atoms with van der Waals surface area (Å²) in [5.41, 5.74) is -0.435. The molecule has 49 heavy (non-hydrogen) atoms. The van der Waals surface area contributed by atoms with Crippen molar-refractivity contribution in [1.82, 2.24) is 0 Å². The van der Waals surface area contributed by atoms with Gasteiger partial charge in [0.25, 0.3) is 0 Å². The number of carbonyl (C=O) groups is 3. The molecule has 2 spiro atoms. The van der Waals surface area contributed by atoms with Crippen LogP contribution in [-0.4, -0.2) is 56.8 Å². The van der Waals surface area contributed by atoms with Gasteiger partial charge < -0.3 is 19.7 Å². The molecule has 0 aromatic carbocycles. The van der Waals surface area contributed by atoms with Crippen LogP contribution in [0.1, 0.15) is 168 Å². The smallest absolute Gasteiger partial charge is 0.181 e. The van der Waals surface area contributed by atoms with E-state index in [4.69, 9.17) is 9.47 Å². The van der Waals surface area contributed by atoms with Gasteiger partial charge in [-0.2, -0.15) is 0 Å². The molecule has 7 heteroatoms. The molecule has 4 rings (SSSR count). The van der Waals surface area contributed by atoms with Crippen LogP contribution in [0.15, 0.2) is 47.6 Å². The lowest BCUT2D eigenvalue weighted by molar-refractivity contribution is -0.290. The van der Waals surface area contributed by atoms with Crippen molar-refractivity contribution in [3.05, 3.63) is 47.6 Å². The summed E-state index contributed by atoms with van der Waals surface area (Å²) in [6.45, 7) is 4.44. The van der Waals surface area contributed by atoms with Gasteiger partial charge in [0.15, 0.2) is 17.4 Å². The zero-order chi connectivity index (χ0) is 35.2. The number of allylic oxidation sites excluding steroid dienone is 4. The van der Waals surface area contributed by atoms with Crippen LogP contribution in [0.5, 0.6) is 0 Å². The van der Waals surface area contributed by atoms with Crippen molar-refractivity contribution in [2.45, 2.75) is 197 Å². The lowest BCUT2D eigenvalue weighted by atomic mass is 9.76. The molecule has 4 aliphatic rings. The molecule has 0 radical (unpaired) electrons. The molecule has 2 N–H and O–H groups in total. The first-order valence-corrected chi connectivity index (χ1v) is 19.8. The van der Waals surface area contributed by atoms with Crippen LogP contribution in [-0.2, 0) is 23.9 Å². The average molecular weight is 681 g/mol. The number of unbranched alkanes of at least 4 members (excludes halogenated alkanes) is 13. The second-order valence-electron chi connectivity index (χ2n) is 15.3. The highest BCUT2D eigenvalue weighted by Gasteiger charge is 2.52. The third kappa shape index (κ3) is 11.9. The van der Waals surface area contributed by atoms with Crippen molar-refractivity contribution < 1.29 is 34.1 Å². The van der Waals surface area contributed by atoms with E-state index in [0.717, 1.165) is 44.1 Å². The van der Waals surface area contributed by atoms with E-state index in [1.54, 1.807) is 18.2 Å². The Balaban J connectivity index is 1.33. The normalized spacial score (nSPS) is 27.7. The van der Waals surface area contributed by atoms with Gasteiger partial charge in [0.2, 0.25) is 0 Å². The number of carbonyl (C=O) groups excluding carboxylic acids is 3. The van der Waals surface area contributed by atoms with Crippen LogP contribution in [0.3, 0.4) is 0 Å². The Kier molecular flexibility index (Phi) is 15.7. The Morgan fingerprint density at radius 1 is 0.796 bits per heavy atom. The second-order valence-corrected chi connectivity index (χ2v) is 15.3. The minimum atomic E-state index is -1.14. The SMILES string of the molecule is CCCCCCCCCCCCC1(O)C=CC(=O)C(CCC(=O)CC2CC(O)CC3(CCC4(C=CC(=O)C=C4)O3)O2)=C1CCCCCCC. The van der Waals surface area contributed by atoms with Gasteiger partial charge in [-0.3, -0.25) is 14.4 Å². The van der Waals surface area contributed by atoms with Gasteiger partial charge in [0.05, 0.1) is 12.2 Å². The molecule has 2 fully saturated rings. The number of Topliss-reactive ketones (excluding diaryl/α,β-unsaturated/α-hetero) is 1. The molecule has 4 atom stereocenters. The summed E-state index contributed by atoms with van der Waals surface area (Å²) in [5, 5.41) is 22.7. The molecule has 2 heterocycles. The van der Waals surface area contributed by atoms with Gasteiger partial charge in [-0.1, -0.05) is 97.3 Å². The first kappa shape index (κ1) is 39.6. The quantitative estimate of drug-likeness (QED) is 0.110. The van der Waals surface area contributed by atoms with Crippen LogP contribution in [0.25, 0.3) is 0 Å². The van der Waals surface area contributed by atoms with E-state index in [1.165, 1.54) is 76.0 Å².